The van der Waals surface area contributed by atoms with Crippen LogP contribution >= 0.6 is 0 Å². The van der Waals surface area contributed by atoms with Gasteiger partial charge >= 0.3 is 0 Å². The summed E-state index contributed by atoms with van der Waals surface area (Å²) in [6.45, 7) is 0. The highest BCUT2D eigenvalue weighted by atomic mass is 16.5. The predicted octanol–water partition coefficient (Wildman–Crippen LogP) is 2.33. The molecule has 1 unspecified atom stereocenters. The summed E-state index contributed by atoms with van der Waals surface area (Å²) in [6.07, 6.45) is -1.35. The molecule has 0 aliphatic carbocycles. The number of rotatable bonds is 5. The van der Waals surface area contributed by atoms with Crippen LogP contribution in [0.3, 0.4) is 0 Å². The van der Waals surface area contributed by atoms with E-state index in [1.54, 1.807) is 30.3 Å². The molecule has 5 nitrogen and oxygen atoms in total. The van der Waals surface area contributed by atoms with E-state index in [-0.39, 0.29) is 11.3 Å². The van der Waals surface area contributed by atoms with Gasteiger partial charge in [0.2, 0.25) is 0 Å². The minimum atomic E-state index is -1.35. The molecule has 2 aromatic carbocycles. The van der Waals surface area contributed by atoms with Gasteiger partial charge in [0.15, 0.2) is 5.78 Å². The van der Waals surface area contributed by atoms with Crippen LogP contribution in [0.5, 0.6) is 17.2 Å². The molecule has 0 saturated heterocycles. The minimum absolute atomic E-state index is 0.0409. The van der Waals surface area contributed by atoms with Crippen LogP contribution in [0.4, 0.5) is 0 Å². The monoisotopic (exact) mass is 288 g/mol. The van der Waals surface area contributed by atoms with Crippen molar-refractivity contribution in [3.05, 3.63) is 53.6 Å². The Labute approximate surface area is 122 Å². The quantitative estimate of drug-likeness (QED) is 0.826. The van der Waals surface area contributed by atoms with Crippen molar-refractivity contribution < 1.29 is 24.5 Å². The normalized spacial score (nSPS) is 11.8. The number of aliphatic hydroxyl groups excluding tert-OH is 1. The fourth-order valence-electron chi connectivity index (χ4n) is 1.93. The highest BCUT2D eigenvalue weighted by Gasteiger charge is 2.22. The molecule has 1 atom stereocenters. The lowest BCUT2D eigenvalue weighted by Crippen LogP contribution is -2.12. The summed E-state index contributed by atoms with van der Waals surface area (Å²) in [6, 6.07) is 10.8. The molecule has 5 heteroatoms. The first-order chi connectivity index (χ1) is 10.1. The summed E-state index contributed by atoms with van der Waals surface area (Å²) in [5.41, 5.74) is 0.468. The van der Waals surface area contributed by atoms with Gasteiger partial charge in [-0.15, -0.1) is 0 Å². The fourth-order valence-corrected chi connectivity index (χ4v) is 1.93. The van der Waals surface area contributed by atoms with Crippen molar-refractivity contribution in [3.8, 4) is 17.2 Å². The average molecular weight is 288 g/mol. The number of methoxy groups -OCH3 is 2. The summed E-state index contributed by atoms with van der Waals surface area (Å²) >= 11 is 0. The number of aliphatic hydroxyl groups is 1. The lowest BCUT2D eigenvalue weighted by atomic mass is 9.99. The van der Waals surface area contributed by atoms with Crippen molar-refractivity contribution in [3.63, 3.8) is 0 Å². The third-order valence-corrected chi connectivity index (χ3v) is 3.15. The second-order valence-corrected chi connectivity index (χ2v) is 4.42. The molecule has 0 fully saturated rings. The van der Waals surface area contributed by atoms with E-state index in [1.165, 1.54) is 26.4 Å². The molecule has 0 saturated carbocycles. The zero-order valence-electron chi connectivity index (χ0n) is 11.7. The van der Waals surface area contributed by atoms with Crippen molar-refractivity contribution in [2.45, 2.75) is 6.10 Å². The zero-order chi connectivity index (χ0) is 15.4. The van der Waals surface area contributed by atoms with Gasteiger partial charge < -0.3 is 19.7 Å². The Morgan fingerprint density at radius 2 is 1.57 bits per heavy atom. The topological polar surface area (TPSA) is 76.0 Å². The molecule has 110 valence electrons. The van der Waals surface area contributed by atoms with Gasteiger partial charge in [0.05, 0.1) is 19.8 Å². The van der Waals surface area contributed by atoms with Gasteiger partial charge in [0, 0.05) is 6.07 Å². The van der Waals surface area contributed by atoms with E-state index in [9.17, 15) is 15.0 Å². The van der Waals surface area contributed by atoms with Crippen molar-refractivity contribution in [1.82, 2.24) is 0 Å². The SMILES string of the molecule is COc1ccc(C(O)C(=O)c2ccc(OC)cc2O)cc1. The number of phenols is 1. The van der Waals surface area contributed by atoms with Crippen LogP contribution in [0, 0.1) is 0 Å². The van der Waals surface area contributed by atoms with E-state index in [0.29, 0.717) is 17.1 Å². The average Bonchev–Trinajstić information content (AvgIpc) is 2.53. The number of carbonyl (C=O) groups is 1. The van der Waals surface area contributed by atoms with Gasteiger partial charge in [0.25, 0.3) is 0 Å². The number of aromatic hydroxyl groups is 1. The van der Waals surface area contributed by atoms with Gasteiger partial charge in [-0.2, -0.15) is 0 Å². The number of phenolic OH excluding ortho intramolecular Hbond substituents is 1. The van der Waals surface area contributed by atoms with Gasteiger partial charge in [0.1, 0.15) is 23.4 Å². The Balaban J connectivity index is 2.25. The summed E-state index contributed by atoms with van der Waals surface area (Å²) in [7, 11) is 2.99. The largest absolute Gasteiger partial charge is 0.507 e. The van der Waals surface area contributed by atoms with E-state index in [2.05, 4.69) is 0 Å². The van der Waals surface area contributed by atoms with Crippen LogP contribution in [0.25, 0.3) is 0 Å². The maximum atomic E-state index is 12.2. The first kappa shape index (κ1) is 14.9. The van der Waals surface area contributed by atoms with Gasteiger partial charge in [-0.3, -0.25) is 4.79 Å². The number of carbonyl (C=O) groups excluding carboxylic acids is 1. The third kappa shape index (κ3) is 3.14. The minimum Gasteiger partial charge on any atom is -0.507 e. The molecule has 0 bridgehead atoms. The van der Waals surface area contributed by atoms with Crippen LogP contribution in [-0.2, 0) is 0 Å². The Bertz CT molecular complexity index is 634. The molecule has 0 aliphatic rings. The van der Waals surface area contributed by atoms with E-state index in [1.807, 2.05) is 0 Å². The molecular formula is C16H16O5. The number of ether oxygens (including phenoxy) is 2. The standard InChI is InChI=1S/C16H16O5/c1-20-11-5-3-10(4-6-11)15(18)16(19)13-8-7-12(21-2)9-14(13)17/h3-9,15,17-18H,1-2H3. The number of hydrogen-bond donors (Lipinski definition) is 2. The molecule has 0 amide bonds. The second-order valence-electron chi connectivity index (χ2n) is 4.42. The summed E-state index contributed by atoms with van der Waals surface area (Å²) in [5, 5.41) is 20.0. The van der Waals surface area contributed by atoms with Crippen molar-refractivity contribution in [2.24, 2.45) is 0 Å². The van der Waals surface area contributed by atoms with Crippen molar-refractivity contribution in [2.75, 3.05) is 14.2 Å². The van der Waals surface area contributed by atoms with Crippen molar-refractivity contribution >= 4 is 5.78 Å². The zero-order valence-corrected chi connectivity index (χ0v) is 11.7. The number of Topliss-reactive ketones (excluding diaryl/α,β-unsaturated/α-hetero) is 1. The smallest absolute Gasteiger partial charge is 0.199 e. The number of hydrogen-bond acceptors (Lipinski definition) is 5. The van der Waals surface area contributed by atoms with Gasteiger partial charge in [-0.05, 0) is 29.8 Å². The molecule has 2 aromatic rings. The Morgan fingerprint density at radius 1 is 1.00 bits per heavy atom. The van der Waals surface area contributed by atoms with Crippen LogP contribution in [-0.4, -0.2) is 30.2 Å². The van der Waals surface area contributed by atoms with Crippen LogP contribution in [0.2, 0.25) is 0 Å². The van der Waals surface area contributed by atoms with E-state index in [4.69, 9.17) is 9.47 Å². The predicted molar refractivity (Wildman–Crippen MR) is 76.9 cm³/mol. The molecule has 0 radical (unpaired) electrons. The van der Waals surface area contributed by atoms with Crippen LogP contribution < -0.4 is 9.47 Å². The molecule has 2 rings (SSSR count). The molecule has 0 aromatic heterocycles. The first-order valence-electron chi connectivity index (χ1n) is 6.30. The molecule has 2 N–H and O–H groups in total. The first-order valence-corrected chi connectivity index (χ1v) is 6.30. The molecule has 21 heavy (non-hydrogen) atoms. The Kier molecular flexibility index (Phi) is 4.45. The molecule has 0 aliphatic heterocycles. The number of ketones is 1. The lowest BCUT2D eigenvalue weighted by Gasteiger charge is -2.12. The molecular weight excluding hydrogens is 272 g/mol. The van der Waals surface area contributed by atoms with E-state index in [0.717, 1.165) is 0 Å². The van der Waals surface area contributed by atoms with Crippen LogP contribution in [0.15, 0.2) is 42.5 Å². The maximum absolute atomic E-state index is 12.2. The highest BCUT2D eigenvalue weighted by molar-refractivity contribution is 6.02. The molecule has 0 heterocycles. The maximum Gasteiger partial charge on any atom is 0.199 e. The summed E-state index contributed by atoms with van der Waals surface area (Å²) in [4.78, 5) is 12.2. The molecule has 0 spiro atoms. The third-order valence-electron chi connectivity index (χ3n) is 3.15. The Morgan fingerprint density at radius 3 is 2.10 bits per heavy atom. The lowest BCUT2D eigenvalue weighted by molar-refractivity contribution is 0.0744. The Hall–Kier alpha value is -2.53. The van der Waals surface area contributed by atoms with Gasteiger partial charge in [-0.1, -0.05) is 12.1 Å². The second kappa shape index (κ2) is 6.28. The van der Waals surface area contributed by atoms with Crippen LogP contribution in [0.1, 0.15) is 22.0 Å². The summed E-state index contributed by atoms with van der Waals surface area (Å²) in [5.74, 6) is 0.251. The van der Waals surface area contributed by atoms with Crippen molar-refractivity contribution in [1.29, 1.82) is 0 Å². The number of benzene rings is 2. The fraction of sp³-hybridized carbons (Fsp3) is 0.188. The summed E-state index contributed by atoms with van der Waals surface area (Å²) < 4.78 is 9.97. The van der Waals surface area contributed by atoms with E-state index >= 15 is 0 Å². The van der Waals surface area contributed by atoms with Gasteiger partial charge in [-0.25, -0.2) is 0 Å². The highest BCUT2D eigenvalue weighted by Crippen LogP contribution is 2.28. The van der Waals surface area contributed by atoms with E-state index < -0.39 is 11.9 Å².